The minimum Gasteiger partial charge on any atom is -0.325 e. The van der Waals surface area contributed by atoms with Gasteiger partial charge in [-0.1, -0.05) is 35.4 Å². The molecule has 0 radical (unpaired) electrons. The fourth-order valence-electron chi connectivity index (χ4n) is 5.80. The Kier molecular flexibility index (Phi) is 3.35. The Labute approximate surface area is 173 Å². The first-order valence-corrected chi connectivity index (χ1v) is 9.67. The summed E-state index contributed by atoms with van der Waals surface area (Å²) in [4.78, 5) is 29.3. The Morgan fingerprint density at radius 3 is 2.03 bits per heavy atom. The first-order valence-electron chi connectivity index (χ1n) is 9.67. The molecular weight excluding hydrogens is 378 g/mol. The van der Waals surface area contributed by atoms with Gasteiger partial charge in [0.2, 0.25) is 5.91 Å². The molecule has 0 unspecified atom stereocenters. The number of nitriles is 2. The van der Waals surface area contributed by atoms with Crippen LogP contribution < -0.4 is 10.6 Å². The standard InChI is InChI=1S/C23H19N5O2/c1-13-4-6-17-15(8-13)22(19(29)26-17)21(10-24,11-25)12-28(3)23(22)16-9-14(2)5-7-18(16)27-20(23)30/h4-9H,12H2,1-3H3,(H,26,29)(H,27,30)/t22-,23+/m1/s1. The van der Waals surface area contributed by atoms with Crippen molar-refractivity contribution < 1.29 is 9.59 Å². The molecule has 0 bridgehead atoms. The van der Waals surface area contributed by atoms with Crippen molar-refractivity contribution in [3.63, 3.8) is 0 Å². The number of benzene rings is 2. The lowest BCUT2D eigenvalue weighted by atomic mass is 9.53. The maximum absolute atomic E-state index is 13.8. The maximum atomic E-state index is 13.8. The van der Waals surface area contributed by atoms with E-state index >= 15 is 0 Å². The van der Waals surface area contributed by atoms with E-state index < -0.39 is 28.2 Å². The van der Waals surface area contributed by atoms with Crippen molar-refractivity contribution in [1.29, 1.82) is 10.5 Å². The van der Waals surface area contributed by atoms with Crippen LogP contribution in [0.4, 0.5) is 11.4 Å². The number of aryl methyl sites for hydroxylation is 2. The van der Waals surface area contributed by atoms with Crippen LogP contribution in [0, 0.1) is 41.9 Å². The van der Waals surface area contributed by atoms with Crippen LogP contribution in [0.1, 0.15) is 22.3 Å². The largest absolute Gasteiger partial charge is 0.325 e. The summed E-state index contributed by atoms with van der Waals surface area (Å²) in [6.07, 6.45) is 0. The summed E-state index contributed by atoms with van der Waals surface area (Å²) in [5, 5.41) is 26.4. The number of hydrogen-bond donors (Lipinski definition) is 2. The van der Waals surface area contributed by atoms with Gasteiger partial charge in [0.1, 0.15) is 11.0 Å². The van der Waals surface area contributed by atoms with Gasteiger partial charge in [-0.2, -0.15) is 10.5 Å². The molecule has 2 atom stereocenters. The van der Waals surface area contributed by atoms with Gasteiger partial charge in [-0.3, -0.25) is 14.5 Å². The van der Waals surface area contributed by atoms with E-state index in [0.717, 1.165) is 11.1 Å². The monoisotopic (exact) mass is 397 g/mol. The Balaban J connectivity index is 2.01. The number of likely N-dealkylation sites (tertiary alicyclic amines) is 1. The highest BCUT2D eigenvalue weighted by Crippen LogP contribution is 2.67. The van der Waals surface area contributed by atoms with Gasteiger partial charge in [0.25, 0.3) is 5.91 Å². The highest BCUT2D eigenvalue weighted by molar-refractivity contribution is 6.18. The SMILES string of the molecule is Cc1ccc2c(c1)[C@@]1(C(=O)N2)N(C)CC(C#N)(C#N)[C@@]12C(=O)Nc1ccc(C)cc12. The summed E-state index contributed by atoms with van der Waals surface area (Å²) in [6, 6.07) is 15.3. The lowest BCUT2D eigenvalue weighted by molar-refractivity contribution is -0.137. The van der Waals surface area contributed by atoms with Gasteiger partial charge < -0.3 is 10.6 Å². The van der Waals surface area contributed by atoms with Crippen LogP contribution >= 0.6 is 0 Å². The number of fused-ring (bicyclic) bond motifs is 5. The number of carbonyl (C=O) groups is 2. The molecule has 148 valence electrons. The van der Waals surface area contributed by atoms with Gasteiger partial charge in [0.15, 0.2) is 5.41 Å². The number of likely N-dealkylation sites (N-methyl/N-ethyl adjacent to an activating group) is 1. The number of nitrogens with zero attached hydrogens (tertiary/aromatic N) is 3. The highest BCUT2D eigenvalue weighted by Gasteiger charge is 2.82. The fourth-order valence-corrected chi connectivity index (χ4v) is 5.80. The lowest BCUT2D eigenvalue weighted by Gasteiger charge is -2.43. The van der Waals surface area contributed by atoms with Crippen molar-refractivity contribution in [2.24, 2.45) is 5.41 Å². The van der Waals surface area contributed by atoms with E-state index in [0.29, 0.717) is 22.5 Å². The van der Waals surface area contributed by atoms with Crippen LogP contribution in [0.25, 0.3) is 0 Å². The predicted octanol–water partition coefficient (Wildman–Crippen LogP) is 2.32. The highest BCUT2D eigenvalue weighted by atomic mass is 16.2. The van der Waals surface area contributed by atoms with Crippen molar-refractivity contribution in [3.8, 4) is 12.1 Å². The van der Waals surface area contributed by atoms with Crippen LogP contribution in [0.2, 0.25) is 0 Å². The Hall–Kier alpha value is -3.68. The van der Waals surface area contributed by atoms with Crippen LogP contribution in [0.15, 0.2) is 36.4 Å². The number of carbonyl (C=O) groups excluding carboxylic acids is 2. The third-order valence-electron chi connectivity index (χ3n) is 6.92. The number of anilines is 2. The van der Waals surface area contributed by atoms with E-state index in [4.69, 9.17) is 0 Å². The van der Waals surface area contributed by atoms with Gasteiger partial charge in [-0.15, -0.1) is 0 Å². The average Bonchev–Trinajstić information content (AvgIpc) is 3.26. The predicted molar refractivity (Wildman–Crippen MR) is 109 cm³/mol. The first-order chi connectivity index (χ1) is 14.3. The molecule has 0 aromatic heterocycles. The molecule has 7 heteroatoms. The molecule has 2 N–H and O–H groups in total. The van der Waals surface area contributed by atoms with Crippen LogP contribution in [0.5, 0.6) is 0 Å². The van der Waals surface area contributed by atoms with E-state index in [9.17, 15) is 20.1 Å². The molecule has 1 fully saturated rings. The van der Waals surface area contributed by atoms with E-state index in [1.54, 1.807) is 18.0 Å². The smallest absolute Gasteiger partial charge is 0.251 e. The molecule has 30 heavy (non-hydrogen) atoms. The van der Waals surface area contributed by atoms with Crippen molar-refractivity contribution in [3.05, 3.63) is 58.7 Å². The summed E-state index contributed by atoms with van der Waals surface area (Å²) in [6.45, 7) is 3.75. The zero-order valence-electron chi connectivity index (χ0n) is 16.8. The molecular formula is C23H19N5O2. The molecule has 2 amide bonds. The minimum absolute atomic E-state index is 0.0401. The Morgan fingerprint density at radius 2 is 1.43 bits per heavy atom. The molecule has 3 aliphatic heterocycles. The van der Waals surface area contributed by atoms with E-state index in [-0.39, 0.29) is 6.54 Å². The molecule has 2 aromatic carbocycles. The van der Waals surface area contributed by atoms with Crippen LogP contribution in [0.3, 0.4) is 0 Å². The second-order valence-electron chi connectivity index (χ2n) is 8.45. The van der Waals surface area contributed by atoms with Crippen molar-refractivity contribution >= 4 is 23.2 Å². The summed E-state index contributed by atoms with van der Waals surface area (Å²) < 4.78 is 0. The molecule has 5 rings (SSSR count). The quantitative estimate of drug-likeness (QED) is 0.709. The molecule has 2 aromatic rings. The van der Waals surface area contributed by atoms with Crippen molar-refractivity contribution in [2.45, 2.75) is 24.8 Å². The fraction of sp³-hybridized carbons (Fsp3) is 0.304. The molecule has 2 spiro atoms. The van der Waals surface area contributed by atoms with Crippen molar-refractivity contribution in [1.82, 2.24) is 4.90 Å². The van der Waals surface area contributed by atoms with E-state index in [1.165, 1.54) is 0 Å². The Morgan fingerprint density at radius 1 is 0.900 bits per heavy atom. The minimum atomic E-state index is -1.76. The molecule has 3 aliphatic rings. The first kappa shape index (κ1) is 18.4. The zero-order valence-corrected chi connectivity index (χ0v) is 16.8. The number of hydrogen-bond acceptors (Lipinski definition) is 5. The second-order valence-corrected chi connectivity index (χ2v) is 8.45. The van der Waals surface area contributed by atoms with Crippen LogP contribution in [-0.2, 0) is 20.5 Å². The van der Waals surface area contributed by atoms with Crippen LogP contribution in [-0.4, -0.2) is 30.3 Å². The summed E-state index contributed by atoms with van der Waals surface area (Å²) in [7, 11) is 1.70. The summed E-state index contributed by atoms with van der Waals surface area (Å²) in [5.74, 6) is -0.900. The number of amides is 2. The zero-order chi connectivity index (χ0) is 21.5. The normalized spacial score (nSPS) is 28.0. The third kappa shape index (κ3) is 1.66. The lowest BCUT2D eigenvalue weighted by Crippen LogP contribution is -2.63. The van der Waals surface area contributed by atoms with Gasteiger partial charge in [-0.05, 0) is 38.6 Å². The molecule has 0 aliphatic carbocycles. The topological polar surface area (TPSA) is 109 Å². The number of nitrogens with one attached hydrogen (secondary N) is 2. The van der Waals surface area contributed by atoms with Gasteiger partial charge >= 0.3 is 0 Å². The summed E-state index contributed by atoms with van der Waals surface area (Å²) >= 11 is 0. The maximum Gasteiger partial charge on any atom is 0.251 e. The molecule has 1 saturated heterocycles. The van der Waals surface area contributed by atoms with E-state index in [2.05, 4.69) is 22.8 Å². The molecule has 3 heterocycles. The number of rotatable bonds is 0. The average molecular weight is 397 g/mol. The van der Waals surface area contributed by atoms with Gasteiger partial charge in [-0.25, -0.2) is 0 Å². The third-order valence-corrected chi connectivity index (χ3v) is 6.92. The van der Waals surface area contributed by atoms with Gasteiger partial charge in [0.05, 0.1) is 12.1 Å². The molecule has 0 saturated carbocycles. The summed E-state index contributed by atoms with van der Waals surface area (Å²) in [5.41, 5.74) is -0.943. The molecule has 7 nitrogen and oxygen atoms in total. The van der Waals surface area contributed by atoms with E-state index in [1.807, 2.05) is 44.2 Å². The second kappa shape index (κ2) is 5.47. The Bertz CT molecular complexity index is 1240. The van der Waals surface area contributed by atoms with Gasteiger partial charge in [0, 0.05) is 23.5 Å². The van der Waals surface area contributed by atoms with Crippen molar-refractivity contribution in [2.75, 3.05) is 24.2 Å².